The number of rotatable bonds is 6. The lowest BCUT2D eigenvalue weighted by atomic mass is 10.2. The Kier molecular flexibility index (Phi) is 6.81. The van der Waals surface area contributed by atoms with Gasteiger partial charge in [-0.25, -0.2) is 5.43 Å². The zero-order chi connectivity index (χ0) is 17.5. The average molecular weight is 455 g/mol. The predicted molar refractivity (Wildman–Crippen MR) is 104 cm³/mol. The van der Waals surface area contributed by atoms with Crippen molar-refractivity contribution in [1.29, 1.82) is 0 Å². The van der Waals surface area contributed by atoms with E-state index >= 15 is 0 Å². The average Bonchev–Trinajstić information content (AvgIpc) is 2.54. The van der Waals surface area contributed by atoms with Gasteiger partial charge in [0.2, 0.25) is 0 Å². The monoisotopic (exact) mass is 453 g/mol. The van der Waals surface area contributed by atoms with Crippen LogP contribution in [-0.2, 0) is 4.79 Å². The molecule has 126 valence electrons. The summed E-state index contributed by atoms with van der Waals surface area (Å²) >= 11 is 6.83. The minimum absolute atomic E-state index is 0.139. The lowest BCUT2D eigenvalue weighted by Crippen LogP contribution is -2.25. The number of anilines is 1. The fourth-order valence-corrected chi connectivity index (χ4v) is 3.38. The molecule has 0 aliphatic rings. The molecule has 0 saturated heterocycles. The van der Waals surface area contributed by atoms with Crippen LogP contribution in [0.25, 0.3) is 0 Å². The number of nitrogens with zero attached hydrogens (tertiary/aromatic N) is 1. The Morgan fingerprint density at radius 3 is 2.62 bits per heavy atom. The summed E-state index contributed by atoms with van der Waals surface area (Å²) in [6, 6.07) is 11.5. The lowest BCUT2D eigenvalue weighted by molar-refractivity contribution is -0.119. The van der Waals surface area contributed by atoms with Gasteiger partial charge >= 0.3 is 0 Å². The summed E-state index contributed by atoms with van der Waals surface area (Å²) in [5.41, 5.74) is 5.28. The van der Waals surface area contributed by atoms with Crippen LogP contribution in [0.4, 0.5) is 5.69 Å². The number of methoxy groups -OCH3 is 1. The Labute approximate surface area is 157 Å². The quantitative estimate of drug-likeness (QED) is 0.510. The molecule has 0 bridgehead atoms. The SMILES string of the molecule is COc1c(Br)cc(Br)cc1C=NNC(=O)CNc1ccc(C)cc1. The minimum atomic E-state index is -0.236. The Bertz CT molecular complexity index is 746. The van der Waals surface area contributed by atoms with E-state index in [-0.39, 0.29) is 12.5 Å². The molecule has 0 atom stereocenters. The normalized spacial score (nSPS) is 10.7. The second-order valence-electron chi connectivity index (χ2n) is 5.02. The number of nitrogens with one attached hydrogen (secondary N) is 2. The van der Waals surface area contributed by atoms with Gasteiger partial charge in [0.25, 0.3) is 5.91 Å². The smallest absolute Gasteiger partial charge is 0.259 e. The lowest BCUT2D eigenvalue weighted by Gasteiger charge is -2.08. The maximum Gasteiger partial charge on any atom is 0.259 e. The van der Waals surface area contributed by atoms with Crippen LogP contribution >= 0.6 is 31.9 Å². The van der Waals surface area contributed by atoms with Gasteiger partial charge in [-0.1, -0.05) is 33.6 Å². The predicted octanol–water partition coefficient (Wildman–Crippen LogP) is 4.09. The Morgan fingerprint density at radius 1 is 1.25 bits per heavy atom. The third-order valence-corrected chi connectivity index (χ3v) is 4.19. The van der Waals surface area contributed by atoms with Gasteiger partial charge in [0, 0.05) is 15.7 Å². The van der Waals surface area contributed by atoms with E-state index in [1.807, 2.05) is 43.3 Å². The number of carbonyl (C=O) groups excluding carboxylic acids is 1. The van der Waals surface area contributed by atoms with Crippen LogP contribution in [0.3, 0.4) is 0 Å². The molecule has 0 radical (unpaired) electrons. The highest BCUT2D eigenvalue weighted by Gasteiger charge is 2.07. The summed E-state index contributed by atoms with van der Waals surface area (Å²) < 4.78 is 7.00. The number of halogens is 2. The van der Waals surface area contributed by atoms with E-state index < -0.39 is 0 Å². The molecule has 0 aromatic heterocycles. The molecule has 0 unspecified atom stereocenters. The van der Waals surface area contributed by atoms with E-state index in [1.54, 1.807) is 7.11 Å². The van der Waals surface area contributed by atoms with Gasteiger partial charge in [-0.05, 0) is 47.1 Å². The number of aryl methyl sites for hydroxylation is 1. The first-order valence-electron chi connectivity index (χ1n) is 7.15. The largest absolute Gasteiger partial charge is 0.495 e. The summed E-state index contributed by atoms with van der Waals surface area (Å²) in [5, 5.41) is 7.01. The van der Waals surface area contributed by atoms with Crippen molar-refractivity contribution in [3.8, 4) is 5.75 Å². The summed E-state index contributed by atoms with van der Waals surface area (Å²) in [6.45, 7) is 2.15. The van der Waals surface area contributed by atoms with E-state index in [0.717, 1.165) is 20.2 Å². The molecule has 2 aromatic rings. The van der Waals surface area contributed by atoms with Crippen molar-refractivity contribution in [3.05, 3.63) is 56.5 Å². The van der Waals surface area contributed by atoms with E-state index in [9.17, 15) is 4.79 Å². The molecule has 2 rings (SSSR count). The van der Waals surface area contributed by atoms with Crippen molar-refractivity contribution in [1.82, 2.24) is 5.43 Å². The van der Waals surface area contributed by atoms with Crippen molar-refractivity contribution >= 4 is 49.7 Å². The van der Waals surface area contributed by atoms with E-state index in [1.165, 1.54) is 11.8 Å². The number of carbonyl (C=O) groups is 1. The Balaban J connectivity index is 1.91. The highest BCUT2D eigenvalue weighted by Crippen LogP contribution is 2.31. The standard InChI is InChI=1S/C17H17Br2N3O2/c1-11-3-5-14(6-4-11)20-10-16(23)22-21-9-12-7-13(18)8-15(19)17(12)24-2/h3-9,20H,10H2,1-2H3,(H,22,23). The maximum atomic E-state index is 11.8. The molecule has 1 amide bonds. The minimum Gasteiger partial charge on any atom is -0.495 e. The van der Waals surface area contributed by atoms with Gasteiger partial charge in [0.05, 0.1) is 24.3 Å². The molecule has 0 aliphatic heterocycles. The number of ether oxygens (including phenoxy) is 1. The van der Waals surface area contributed by atoms with Crippen molar-refractivity contribution in [2.45, 2.75) is 6.92 Å². The molecule has 2 N–H and O–H groups in total. The van der Waals surface area contributed by atoms with E-state index in [4.69, 9.17) is 4.74 Å². The van der Waals surface area contributed by atoms with Crippen LogP contribution in [0.2, 0.25) is 0 Å². The molecule has 0 aliphatic carbocycles. The zero-order valence-electron chi connectivity index (χ0n) is 13.3. The number of hydrazone groups is 1. The van der Waals surface area contributed by atoms with Gasteiger partial charge < -0.3 is 10.1 Å². The van der Waals surface area contributed by atoms with Crippen LogP contribution in [0.5, 0.6) is 5.75 Å². The third kappa shape index (κ3) is 5.35. The first kappa shape index (κ1) is 18.5. The highest BCUT2D eigenvalue weighted by atomic mass is 79.9. The van der Waals surface area contributed by atoms with Gasteiger partial charge in [-0.15, -0.1) is 0 Å². The zero-order valence-corrected chi connectivity index (χ0v) is 16.4. The van der Waals surface area contributed by atoms with Crippen molar-refractivity contribution in [2.24, 2.45) is 5.10 Å². The van der Waals surface area contributed by atoms with Crippen LogP contribution in [-0.4, -0.2) is 25.8 Å². The second kappa shape index (κ2) is 8.84. The van der Waals surface area contributed by atoms with Crippen molar-refractivity contribution < 1.29 is 9.53 Å². The van der Waals surface area contributed by atoms with Crippen molar-refractivity contribution in [2.75, 3.05) is 19.0 Å². The van der Waals surface area contributed by atoms with Crippen molar-refractivity contribution in [3.63, 3.8) is 0 Å². The summed E-state index contributed by atoms with van der Waals surface area (Å²) in [6.07, 6.45) is 1.54. The maximum absolute atomic E-state index is 11.8. The Morgan fingerprint density at radius 2 is 1.96 bits per heavy atom. The number of amides is 1. The molecule has 0 heterocycles. The molecule has 5 nitrogen and oxygen atoms in total. The molecule has 7 heteroatoms. The molecule has 0 spiro atoms. The van der Waals surface area contributed by atoms with Crippen LogP contribution < -0.4 is 15.5 Å². The fourth-order valence-electron chi connectivity index (χ4n) is 1.96. The molecule has 0 fully saturated rings. The van der Waals surface area contributed by atoms with Crippen LogP contribution in [0.1, 0.15) is 11.1 Å². The summed E-state index contributed by atoms with van der Waals surface area (Å²) in [5.74, 6) is 0.411. The second-order valence-corrected chi connectivity index (χ2v) is 6.79. The van der Waals surface area contributed by atoms with Gasteiger partial charge in [0.15, 0.2) is 0 Å². The summed E-state index contributed by atoms with van der Waals surface area (Å²) in [4.78, 5) is 11.8. The number of hydrogen-bond acceptors (Lipinski definition) is 4. The van der Waals surface area contributed by atoms with Gasteiger partial charge in [0.1, 0.15) is 5.75 Å². The number of hydrogen-bond donors (Lipinski definition) is 2. The first-order valence-corrected chi connectivity index (χ1v) is 8.73. The molecule has 24 heavy (non-hydrogen) atoms. The van der Waals surface area contributed by atoms with Crippen LogP contribution in [0, 0.1) is 6.92 Å². The third-order valence-electron chi connectivity index (χ3n) is 3.14. The van der Waals surface area contributed by atoms with E-state index in [2.05, 4.69) is 47.7 Å². The highest BCUT2D eigenvalue weighted by molar-refractivity contribution is 9.11. The molecule has 2 aromatic carbocycles. The topological polar surface area (TPSA) is 62.7 Å². The van der Waals surface area contributed by atoms with Gasteiger partial charge in [-0.3, -0.25) is 4.79 Å². The Hall–Kier alpha value is -1.86. The van der Waals surface area contributed by atoms with Crippen LogP contribution in [0.15, 0.2) is 50.4 Å². The number of benzene rings is 2. The molecular formula is C17H17Br2N3O2. The van der Waals surface area contributed by atoms with Gasteiger partial charge in [-0.2, -0.15) is 5.10 Å². The summed E-state index contributed by atoms with van der Waals surface area (Å²) in [7, 11) is 1.58. The first-order chi connectivity index (χ1) is 11.5. The molecule has 0 saturated carbocycles. The molecular weight excluding hydrogens is 438 g/mol. The van der Waals surface area contributed by atoms with E-state index in [0.29, 0.717) is 5.75 Å². The fraction of sp³-hybridized carbons (Fsp3) is 0.176.